The molecule has 1 aliphatic heterocycles. The lowest BCUT2D eigenvalue weighted by Gasteiger charge is -2.37. The van der Waals surface area contributed by atoms with E-state index in [1.807, 2.05) is 20.8 Å². The van der Waals surface area contributed by atoms with Crippen LogP contribution in [-0.2, 0) is 4.74 Å². The molecule has 2 heterocycles. The number of hydrogen-bond donors (Lipinski definition) is 0. The second-order valence-corrected chi connectivity index (χ2v) is 6.88. The fourth-order valence-corrected chi connectivity index (χ4v) is 2.55. The number of nitrogens with zero attached hydrogens (tertiary/aromatic N) is 4. The zero-order valence-corrected chi connectivity index (χ0v) is 14.3. The van der Waals surface area contributed by atoms with Gasteiger partial charge in [0.1, 0.15) is 10.8 Å². The number of halogens is 1. The van der Waals surface area contributed by atoms with Crippen molar-refractivity contribution in [3.63, 3.8) is 0 Å². The predicted octanol–water partition coefficient (Wildman–Crippen LogP) is 2.97. The first kappa shape index (κ1) is 16.8. The van der Waals surface area contributed by atoms with Gasteiger partial charge in [-0.15, -0.1) is 0 Å². The molecule has 0 aromatic carbocycles. The molecule has 1 saturated heterocycles. The minimum atomic E-state index is -0.472. The van der Waals surface area contributed by atoms with Crippen molar-refractivity contribution in [1.29, 1.82) is 0 Å². The van der Waals surface area contributed by atoms with Crippen LogP contribution in [0.25, 0.3) is 0 Å². The van der Waals surface area contributed by atoms with Crippen LogP contribution in [0.15, 0.2) is 12.3 Å². The van der Waals surface area contributed by atoms with E-state index in [0.717, 1.165) is 25.9 Å². The highest BCUT2D eigenvalue weighted by molar-refractivity contribution is 6.29. The normalized spacial score (nSPS) is 16.5. The van der Waals surface area contributed by atoms with E-state index in [1.165, 1.54) is 0 Å². The molecule has 0 bridgehead atoms. The Hall–Kier alpha value is -1.56. The van der Waals surface area contributed by atoms with Crippen LogP contribution in [0.5, 0.6) is 0 Å². The highest BCUT2D eigenvalue weighted by Crippen LogP contribution is 2.21. The number of ether oxygens (including phenoxy) is 1. The Morgan fingerprint density at radius 2 is 2.05 bits per heavy atom. The molecule has 6 nitrogen and oxygen atoms in total. The van der Waals surface area contributed by atoms with E-state index >= 15 is 0 Å². The summed E-state index contributed by atoms with van der Waals surface area (Å²) in [6.45, 7) is 7.20. The first-order valence-electron chi connectivity index (χ1n) is 7.45. The van der Waals surface area contributed by atoms with Crippen LogP contribution in [-0.4, -0.2) is 52.7 Å². The van der Waals surface area contributed by atoms with Crippen molar-refractivity contribution in [1.82, 2.24) is 14.9 Å². The molecule has 0 radical (unpaired) electrons. The zero-order valence-electron chi connectivity index (χ0n) is 13.5. The van der Waals surface area contributed by atoms with Gasteiger partial charge in [-0.05, 0) is 39.7 Å². The molecule has 2 rings (SSSR count). The Morgan fingerprint density at radius 3 is 2.59 bits per heavy atom. The van der Waals surface area contributed by atoms with Gasteiger partial charge in [-0.25, -0.2) is 14.8 Å². The van der Waals surface area contributed by atoms with Crippen molar-refractivity contribution in [3.05, 3.63) is 17.4 Å². The molecule has 0 N–H and O–H groups in total. The zero-order chi connectivity index (χ0) is 16.3. The summed E-state index contributed by atoms with van der Waals surface area (Å²) in [5, 5.41) is 0.443. The highest BCUT2D eigenvalue weighted by Gasteiger charge is 2.29. The summed E-state index contributed by atoms with van der Waals surface area (Å²) in [7, 11) is 1.80. The van der Waals surface area contributed by atoms with Crippen LogP contribution in [0.2, 0.25) is 5.15 Å². The largest absolute Gasteiger partial charge is 0.444 e. The summed E-state index contributed by atoms with van der Waals surface area (Å²) in [5.41, 5.74) is -0.472. The maximum atomic E-state index is 12.1. The van der Waals surface area contributed by atoms with Gasteiger partial charge in [0.2, 0.25) is 5.95 Å². The topological polar surface area (TPSA) is 58.6 Å². The number of anilines is 1. The maximum Gasteiger partial charge on any atom is 0.410 e. The number of carbonyl (C=O) groups excluding carboxylic acids is 1. The monoisotopic (exact) mass is 326 g/mol. The van der Waals surface area contributed by atoms with Crippen LogP contribution in [0.3, 0.4) is 0 Å². The van der Waals surface area contributed by atoms with E-state index in [-0.39, 0.29) is 12.1 Å². The number of piperidine rings is 1. The van der Waals surface area contributed by atoms with Gasteiger partial charge in [-0.3, -0.25) is 0 Å². The number of rotatable bonds is 2. The summed E-state index contributed by atoms with van der Waals surface area (Å²) >= 11 is 5.90. The van der Waals surface area contributed by atoms with Gasteiger partial charge in [-0.2, -0.15) is 0 Å². The third kappa shape index (κ3) is 4.47. The summed E-state index contributed by atoms with van der Waals surface area (Å²) < 4.78 is 5.41. The smallest absolute Gasteiger partial charge is 0.410 e. The van der Waals surface area contributed by atoms with E-state index in [4.69, 9.17) is 16.3 Å². The van der Waals surface area contributed by atoms with E-state index < -0.39 is 5.60 Å². The van der Waals surface area contributed by atoms with Crippen molar-refractivity contribution in [3.8, 4) is 0 Å². The second kappa shape index (κ2) is 6.69. The first-order chi connectivity index (χ1) is 10.3. The summed E-state index contributed by atoms with van der Waals surface area (Å²) in [4.78, 5) is 24.4. The Bertz CT molecular complexity index is 525. The summed E-state index contributed by atoms with van der Waals surface area (Å²) in [5.74, 6) is 0.644. The Labute approximate surface area is 136 Å². The molecule has 0 saturated carbocycles. The van der Waals surface area contributed by atoms with Crippen LogP contribution >= 0.6 is 11.6 Å². The lowest BCUT2D eigenvalue weighted by Crippen LogP contribution is -2.47. The molecule has 1 fully saturated rings. The van der Waals surface area contributed by atoms with Gasteiger partial charge in [0.25, 0.3) is 0 Å². The minimum absolute atomic E-state index is 0.172. The van der Waals surface area contributed by atoms with Crippen molar-refractivity contribution in [2.24, 2.45) is 0 Å². The van der Waals surface area contributed by atoms with Crippen molar-refractivity contribution in [2.75, 3.05) is 25.0 Å². The second-order valence-electron chi connectivity index (χ2n) is 6.49. The maximum absolute atomic E-state index is 12.1. The molecule has 7 heteroatoms. The molecule has 1 aromatic heterocycles. The van der Waals surface area contributed by atoms with E-state index in [9.17, 15) is 4.79 Å². The van der Waals surface area contributed by atoms with Gasteiger partial charge < -0.3 is 14.5 Å². The Morgan fingerprint density at radius 1 is 1.41 bits per heavy atom. The number of carbonyl (C=O) groups is 1. The molecular weight excluding hydrogens is 304 g/mol. The van der Waals surface area contributed by atoms with E-state index in [2.05, 4.69) is 14.9 Å². The quantitative estimate of drug-likeness (QED) is 0.782. The number of amides is 1. The average Bonchev–Trinajstić information content (AvgIpc) is 2.45. The van der Waals surface area contributed by atoms with Crippen LogP contribution in [0.4, 0.5) is 10.7 Å². The van der Waals surface area contributed by atoms with Crippen molar-refractivity contribution >= 4 is 23.6 Å². The first-order valence-corrected chi connectivity index (χ1v) is 7.83. The molecule has 122 valence electrons. The van der Waals surface area contributed by atoms with Crippen LogP contribution < -0.4 is 4.90 Å². The van der Waals surface area contributed by atoms with E-state index in [0.29, 0.717) is 11.1 Å². The third-order valence-electron chi connectivity index (χ3n) is 3.59. The lowest BCUT2D eigenvalue weighted by atomic mass is 10.0. The molecular formula is C15H23ClN4O2. The lowest BCUT2D eigenvalue weighted by molar-refractivity contribution is 0.0200. The molecule has 0 aliphatic carbocycles. The molecule has 1 amide bonds. The van der Waals surface area contributed by atoms with Gasteiger partial charge in [0.15, 0.2) is 0 Å². The molecule has 0 unspecified atom stereocenters. The van der Waals surface area contributed by atoms with Gasteiger partial charge in [-0.1, -0.05) is 11.6 Å². The fourth-order valence-electron chi connectivity index (χ4n) is 2.42. The summed E-state index contributed by atoms with van der Waals surface area (Å²) in [6.07, 6.45) is 3.09. The van der Waals surface area contributed by atoms with Crippen molar-refractivity contribution < 1.29 is 9.53 Å². The highest BCUT2D eigenvalue weighted by atomic mass is 35.5. The number of hydrogen-bond acceptors (Lipinski definition) is 5. The molecule has 1 aromatic rings. The summed E-state index contributed by atoms with van der Waals surface area (Å²) in [6, 6.07) is 1.83. The standard InChI is InChI=1S/C15H23ClN4O2/c1-15(2,3)22-14(21)19(4)11-6-9-20(10-7-11)13-17-8-5-12(16)18-13/h5,8,11H,6-7,9-10H2,1-4H3. The molecule has 22 heavy (non-hydrogen) atoms. The predicted molar refractivity (Wildman–Crippen MR) is 86.3 cm³/mol. The average molecular weight is 327 g/mol. The van der Waals surface area contributed by atoms with Crippen LogP contribution in [0, 0.1) is 0 Å². The minimum Gasteiger partial charge on any atom is -0.444 e. The molecule has 0 spiro atoms. The molecule has 0 atom stereocenters. The van der Waals surface area contributed by atoms with Gasteiger partial charge in [0, 0.05) is 32.4 Å². The molecule has 1 aliphatic rings. The third-order valence-corrected chi connectivity index (χ3v) is 3.80. The van der Waals surface area contributed by atoms with Crippen molar-refractivity contribution in [2.45, 2.75) is 45.3 Å². The van der Waals surface area contributed by atoms with Crippen LogP contribution in [0.1, 0.15) is 33.6 Å². The Kier molecular flexibility index (Phi) is 5.11. The van der Waals surface area contributed by atoms with E-state index in [1.54, 1.807) is 24.2 Å². The van der Waals surface area contributed by atoms with Gasteiger partial charge in [0.05, 0.1) is 0 Å². The number of aromatic nitrogens is 2. The Balaban J connectivity index is 1.90. The van der Waals surface area contributed by atoms with Gasteiger partial charge >= 0.3 is 6.09 Å². The fraction of sp³-hybridized carbons (Fsp3) is 0.667. The SMILES string of the molecule is CN(C(=O)OC(C)(C)C)C1CCN(c2nccc(Cl)n2)CC1.